The highest BCUT2D eigenvalue weighted by Gasteiger charge is 2.12. The van der Waals surface area contributed by atoms with Crippen molar-refractivity contribution in [1.29, 1.82) is 0 Å². The maximum Gasteiger partial charge on any atom is 0.252 e. The molecule has 0 amide bonds. The summed E-state index contributed by atoms with van der Waals surface area (Å²) in [4.78, 5) is 11.7. The fraction of sp³-hybridized carbons (Fsp3) is 0.500. The number of pyridine rings is 1. The second-order valence-electron chi connectivity index (χ2n) is 3.71. The molecule has 0 aromatic carbocycles. The Morgan fingerprint density at radius 3 is 3.07 bits per heavy atom. The Hall–Kier alpha value is -1.45. The Kier molecular flexibility index (Phi) is 2.19. The van der Waals surface area contributed by atoms with Gasteiger partial charge in [-0.3, -0.25) is 9.36 Å². The lowest BCUT2D eigenvalue weighted by molar-refractivity contribution is 0.637. The van der Waals surface area contributed by atoms with Crippen LogP contribution < -0.4 is 16.6 Å². The van der Waals surface area contributed by atoms with Crippen molar-refractivity contribution in [2.45, 2.75) is 26.3 Å². The molecule has 0 unspecified atom stereocenters. The Morgan fingerprint density at radius 2 is 2.29 bits per heavy atom. The van der Waals surface area contributed by atoms with E-state index in [4.69, 9.17) is 5.73 Å². The first-order chi connectivity index (χ1) is 6.70. The fourth-order valence-electron chi connectivity index (χ4n) is 1.80. The molecular formula is C10H15N3O. The van der Waals surface area contributed by atoms with Crippen LogP contribution in [0.5, 0.6) is 0 Å². The number of fused-ring (bicyclic) bond motifs is 1. The Labute approximate surface area is 82.7 Å². The van der Waals surface area contributed by atoms with E-state index < -0.39 is 0 Å². The molecule has 0 fully saturated rings. The number of nitrogens with zero attached hydrogens (tertiary/aromatic N) is 1. The van der Waals surface area contributed by atoms with Gasteiger partial charge in [0, 0.05) is 19.2 Å². The van der Waals surface area contributed by atoms with E-state index in [9.17, 15) is 4.79 Å². The molecule has 0 bridgehead atoms. The van der Waals surface area contributed by atoms with E-state index in [0.29, 0.717) is 5.69 Å². The van der Waals surface area contributed by atoms with Gasteiger partial charge in [-0.25, -0.2) is 0 Å². The minimum atomic E-state index is 0.0427. The van der Waals surface area contributed by atoms with E-state index >= 15 is 0 Å². The minimum Gasteiger partial charge on any atom is -0.396 e. The molecule has 76 valence electrons. The minimum absolute atomic E-state index is 0.0427. The van der Waals surface area contributed by atoms with Crippen LogP contribution in [0.25, 0.3) is 0 Å². The molecule has 1 aromatic rings. The quantitative estimate of drug-likeness (QED) is 0.644. The number of nitrogens with one attached hydrogen (secondary N) is 1. The number of hydrogen-bond acceptors (Lipinski definition) is 3. The highest BCUT2D eigenvalue weighted by Crippen LogP contribution is 2.22. The molecule has 14 heavy (non-hydrogen) atoms. The topological polar surface area (TPSA) is 60.0 Å². The predicted octanol–water partition coefficient (Wildman–Crippen LogP) is 0.945. The first kappa shape index (κ1) is 9.12. The Morgan fingerprint density at radius 1 is 1.50 bits per heavy atom. The van der Waals surface area contributed by atoms with Crippen molar-refractivity contribution >= 4 is 11.5 Å². The molecule has 0 radical (unpaired) electrons. The summed E-state index contributed by atoms with van der Waals surface area (Å²) in [5.74, 6) is 0.799. The van der Waals surface area contributed by atoms with Gasteiger partial charge in [-0.15, -0.1) is 0 Å². The van der Waals surface area contributed by atoms with Gasteiger partial charge in [-0.1, -0.05) is 0 Å². The number of nitrogens with two attached hydrogens (primary N) is 1. The number of aryl methyl sites for hydroxylation is 1. The first-order valence-electron chi connectivity index (χ1n) is 4.94. The molecule has 0 saturated heterocycles. The van der Waals surface area contributed by atoms with Gasteiger partial charge >= 0.3 is 0 Å². The molecule has 0 saturated carbocycles. The van der Waals surface area contributed by atoms with Crippen LogP contribution in [0.15, 0.2) is 10.9 Å². The van der Waals surface area contributed by atoms with Crippen LogP contribution in [-0.4, -0.2) is 11.1 Å². The number of nitrogen functional groups attached to an aromatic ring is 1. The van der Waals surface area contributed by atoms with E-state index in [1.54, 1.807) is 10.6 Å². The fourth-order valence-corrected chi connectivity index (χ4v) is 1.80. The van der Waals surface area contributed by atoms with Crippen molar-refractivity contribution in [3.63, 3.8) is 0 Å². The van der Waals surface area contributed by atoms with E-state index in [2.05, 4.69) is 5.32 Å². The third kappa shape index (κ3) is 1.36. The third-order valence-corrected chi connectivity index (χ3v) is 2.66. The Bertz CT molecular complexity index is 409. The summed E-state index contributed by atoms with van der Waals surface area (Å²) in [6, 6.07) is 1.60. The molecule has 0 atom stereocenters. The Balaban J connectivity index is 2.63. The van der Waals surface area contributed by atoms with Gasteiger partial charge in [0.25, 0.3) is 5.56 Å². The van der Waals surface area contributed by atoms with Crippen LogP contribution in [-0.2, 0) is 6.54 Å². The van der Waals surface area contributed by atoms with Gasteiger partial charge in [0.05, 0.1) is 5.69 Å². The lowest BCUT2D eigenvalue weighted by Gasteiger charge is -2.14. The normalized spacial score (nSPS) is 15.5. The van der Waals surface area contributed by atoms with Crippen LogP contribution >= 0.6 is 0 Å². The molecular weight excluding hydrogens is 178 g/mol. The molecule has 1 aliphatic rings. The molecule has 3 N–H and O–H groups in total. The number of hydrogen-bond donors (Lipinski definition) is 2. The molecule has 1 aromatic heterocycles. The standard InChI is InChI=1S/C10H15N3O/c1-7-6-8(14)13-5-3-2-4-12-10(13)9(7)11/h6,12H,2-5,11H2,1H3. The van der Waals surface area contributed by atoms with Crippen molar-refractivity contribution in [2.75, 3.05) is 17.6 Å². The molecule has 4 nitrogen and oxygen atoms in total. The van der Waals surface area contributed by atoms with Gasteiger partial charge < -0.3 is 11.1 Å². The van der Waals surface area contributed by atoms with Gasteiger partial charge in [0.1, 0.15) is 5.82 Å². The van der Waals surface area contributed by atoms with Gasteiger partial charge in [0.15, 0.2) is 0 Å². The maximum atomic E-state index is 11.7. The van der Waals surface area contributed by atoms with E-state index in [1.165, 1.54) is 0 Å². The summed E-state index contributed by atoms with van der Waals surface area (Å²) in [7, 11) is 0. The largest absolute Gasteiger partial charge is 0.396 e. The van der Waals surface area contributed by atoms with Crippen LogP contribution in [0.2, 0.25) is 0 Å². The summed E-state index contributed by atoms with van der Waals surface area (Å²) in [5, 5.41) is 3.21. The summed E-state index contributed by atoms with van der Waals surface area (Å²) in [6.07, 6.45) is 2.11. The molecule has 1 aliphatic heterocycles. The van der Waals surface area contributed by atoms with Gasteiger partial charge in [0.2, 0.25) is 0 Å². The second kappa shape index (κ2) is 3.36. The van der Waals surface area contributed by atoms with Crippen molar-refractivity contribution in [2.24, 2.45) is 0 Å². The summed E-state index contributed by atoms with van der Waals surface area (Å²) < 4.78 is 1.73. The highest BCUT2D eigenvalue weighted by molar-refractivity contribution is 5.65. The SMILES string of the molecule is Cc1cc(=O)n2c(c1N)NCCCC2. The van der Waals surface area contributed by atoms with Crippen LogP contribution in [0.4, 0.5) is 11.5 Å². The zero-order valence-electron chi connectivity index (χ0n) is 8.34. The molecule has 2 rings (SSSR count). The summed E-state index contributed by atoms with van der Waals surface area (Å²) >= 11 is 0. The van der Waals surface area contributed by atoms with Gasteiger partial charge in [-0.05, 0) is 25.3 Å². The lowest BCUT2D eigenvalue weighted by atomic mass is 10.2. The van der Waals surface area contributed by atoms with Crippen LogP contribution in [0, 0.1) is 6.92 Å². The smallest absolute Gasteiger partial charge is 0.252 e. The average molecular weight is 193 g/mol. The second-order valence-corrected chi connectivity index (χ2v) is 3.71. The van der Waals surface area contributed by atoms with E-state index in [-0.39, 0.29) is 5.56 Å². The van der Waals surface area contributed by atoms with E-state index in [0.717, 1.165) is 37.3 Å². The predicted molar refractivity (Wildman–Crippen MR) is 57.6 cm³/mol. The van der Waals surface area contributed by atoms with E-state index in [1.807, 2.05) is 6.92 Å². The summed E-state index contributed by atoms with van der Waals surface area (Å²) in [6.45, 7) is 3.53. The average Bonchev–Trinajstić information content (AvgIpc) is 2.39. The van der Waals surface area contributed by atoms with Crippen LogP contribution in [0.3, 0.4) is 0 Å². The van der Waals surface area contributed by atoms with Crippen molar-refractivity contribution in [3.8, 4) is 0 Å². The molecule has 4 heteroatoms. The van der Waals surface area contributed by atoms with Crippen molar-refractivity contribution < 1.29 is 0 Å². The third-order valence-electron chi connectivity index (χ3n) is 2.66. The molecule has 0 spiro atoms. The molecule has 2 heterocycles. The van der Waals surface area contributed by atoms with Crippen molar-refractivity contribution in [3.05, 3.63) is 22.0 Å². The van der Waals surface area contributed by atoms with Crippen molar-refractivity contribution in [1.82, 2.24) is 4.57 Å². The monoisotopic (exact) mass is 193 g/mol. The zero-order valence-corrected chi connectivity index (χ0v) is 8.34. The van der Waals surface area contributed by atoms with Gasteiger partial charge in [-0.2, -0.15) is 0 Å². The number of aromatic nitrogens is 1. The highest BCUT2D eigenvalue weighted by atomic mass is 16.1. The summed E-state index contributed by atoms with van der Waals surface area (Å²) in [5.41, 5.74) is 7.52. The first-order valence-corrected chi connectivity index (χ1v) is 4.94. The molecule has 0 aliphatic carbocycles. The number of rotatable bonds is 0. The zero-order chi connectivity index (χ0) is 10.1. The number of anilines is 2. The maximum absolute atomic E-state index is 11.7. The van der Waals surface area contributed by atoms with Crippen LogP contribution in [0.1, 0.15) is 18.4 Å². The lowest BCUT2D eigenvalue weighted by Crippen LogP contribution is -2.23.